The first kappa shape index (κ1) is 20.6. The van der Waals surface area contributed by atoms with Gasteiger partial charge < -0.3 is 5.11 Å². The molecule has 1 N–H and O–H groups in total. The normalized spacial score (nSPS) is 23.7. The first-order valence-corrected chi connectivity index (χ1v) is 11.4. The molecule has 1 amide bonds. The molecule has 1 saturated heterocycles. The quantitative estimate of drug-likeness (QED) is 0.557. The van der Waals surface area contributed by atoms with Gasteiger partial charge in [0.15, 0.2) is 0 Å². The first-order valence-electron chi connectivity index (χ1n) is 9.96. The lowest BCUT2D eigenvalue weighted by Crippen LogP contribution is -2.48. The minimum atomic E-state index is -0.739. The summed E-state index contributed by atoms with van der Waals surface area (Å²) in [6.45, 7) is 1.89. The summed E-state index contributed by atoms with van der Waals surface area (Å²) in [7, 11) is 0. The molecular formula is C22H29NO2S2. The van der Waals surface area contributed by atoms with E-state index in [2.05, 4.69) is 12.1 Å². The van der Waals surface area contributed by atoms with Crippen LogP contribution in [0.25, 0.3) is 0 Å². The lowest BCUT2D eigenvalue weighted by molar-refractivity contribution is -0.138. The molecule has 0 bridgehead atoms. The van der Waals surface area contributed by atoms with E-state index in [1.165, 1.54) is 12.0 Å². The predicted octanol–water partition coefficient (Wildman–Crippen LogP) is 4.59. The molecule has 1 aromatic rings. The van der Waals surface area contributed by atoms with E-state index in [9.17, 15) is 9.90 Å². The number of carbonyl (C=O) groups is 1. The summed E-state index contributed by atoms with van der Waals surface area (Å²) in [6, 6.07) is 10.3. The molecule has 2 fully saturated rings. The van der Waals surface area contributed by atoms with Crippen molar-refractivity contribution in [3.05, 3.63) is 48.0 Å². The standard InChI is InChI=1S/C22H29NO2S2/c1-2-9-19(24)20(17-12-7-4-8-13-17)21(25)23-18(15-27-22(23)26)14-16-10-5-3-6-11-16/h2-3,5-6,9-11,17-20,24H,4,7-8,12-15H2,1H3/b9-2+/t18-,19+,20-/m0/s1. The number of thioether (sulfide) groups is 1. The van der Waals surface area contributed by atoms with Crippen molar-refractivity contribution in [2.24, 2.45) is 11.8 Å². The van der Waals surface area contributed by atoms with Crippen LogP contribution >= 0.6 is 24.0 Å². The van der Waals surface area contributed by atoms with Crippen molar-refractivity contribution >= 4 is 34.2 Å². The molecule has 1 aliphatic carbocycles. The van der Waals surface area contributed by atoms with Crippen molar-refractivity contribution in [3.63, 3.8) is 0 Å². The van der Waals surface area contributed by atoms with Crippen LogP contribution in [-0.2, 0) is 11.2 Å². The fraction of sp³-hybridized carbons (Fsp3) is 0.545. The van der Waals surface area contributed by atoms with Gasteiger partial charge in [0.25, 0.3) is 0 Å². The Kier molecular flexibility index (Phi) is 7.50. The number of amides is 1. The van der Waals surface area contributed by atoms with Crippen LogP contribution in [-0.4, -0.2) is 38.1 Å². The average Bonchev–Trinajstić information content (AvgIpc) is 3.04. The van der Waals surface area contributed by atoms with Crippen molar-refractivity contribution in [3.8, 4) is 0 Å². The Morgan fingerprint density at radius 1 is 1.30 bits per heavy atom. The van der Waals surface area contributed by atoms with E-state index < -0.39 is 12.0 Å². The van der Waals surface area contributed by atoms with E-state index in [-0.39, 0.29) is 17.9 Å². The fourth-order valence-electron chi connectivity index (χ4n) is 4.36. The van der Waals surface area contributed by atoms with E-state index in [1.54, 1.807) is 17.8 Å². The Hall–Kier alpha value is -1.17. The highest BCUT2D eigenvalue weighted by Crippen LogP contribution is 2.36. The molecule has 0 aromatic heterocycles. The maximum atomic E-state index is 13.6. The largest absolute Gasteiger partial charge is 0.388 e. The number of aliphatic hydroxyl groups is 1. The van der Waals surface area contributed by atoms with Gasteiger partial charge in [0.05, 0.1) is 18.1 Å². The Bertz CT molecular complexity index is 670. The summed E-state index contributed by atoms with van der Waals surface area (Å²) in [5, 5.41) is 10.8. The van der Waals surface area contributed by atoms with E-state index in [0.717, 1.165) is 37.9 Å². The van der Waals surface area contributed by atoms with Crippen LogP contribution in [0, 0.1) is 11.8 Å². The summed E-state index contributed by atoms with van der Waals surface area (Å²) >= 11 is 7.14. The summed E-state index contributed by atoms with van der Waals surface area (Å²) in [5.74, 6) is 0.694. The number of nitrogens with zero attached hydrogens (tertiary/aromatic N) is 1. The molecule has 0 spiro atoms. The van der Waals surface area contributed by atoms with Gasteiger partial charge in [0, 0.05) is 5.75 Å². The topological polar surface area (TPSA) is 40.5 Å². The number of carbonyl (C=O) groups excluding carboxylic acids is 1. The summed E-state index contributed by atoms with van der Waals surface area (Å²) in [6.07, 6.45) is 9.21. The van der Waals surface area contributed by atoms with Gasteiger partial charge >= 0.3 is 0 Å². The molecule has 1 saturated carbocycles. The molecule has 2 aliphatic rings. The van der Waals surface area contributed by atoms with E-state index in [1.807, 2.05) is 36.1 Å². The van der Waals surface area contributed by atoms with Crippen molar-refractivity contribution in [2.75, 3.05) is 5.75 Å². The number of allylic oxidation sites excluding steroid dienone is 1. The molecule has 0 radical (unpaired) electrons. The van der Waals surface area contributed by atoms with Crippen LogP contribution in [0.2, 0.25) is 0 Å². The molecule has 146 valence electrons. The number of rotatable bonds is 6. The lowest BCUT2D eigenvalue weighted by atomic mass is 9.76. The highest BCUT2D eigenvalue weighted by atomic mass is 32.2. The third-order valence-electron chi connectivity index (χ3n) is 5.71. The van der Waals surface area contributed by atoms with Crippen LogP contribution in [0.4, 0.5) is 0 Å². The van der Waals surface area contributed by atoms with Crippen LogP contribution in [0.5, 0.6) is 0 Å². The molecule has 0 unspecified atom stereocenters. The maximum Gasteiger partial charge on any atom is 0.234 e. The lowest BCUT2D eigenvalue weighted by Gasteiger charge is -2.35. The molecule has 3 nitrogen and oxygen atoms in total. The van der Waals surface area contributed by atoms with Crippen molar-refractivity contribution < 1.29 is 9.90 Å². The zero-order chi connectivity index (χ0) is 19.2. The van der Waals surface area contributed by atoms with Gasteiger partial charge in [0.1, 0.15) is 4.32 Å². The fourth-order valence-corrected chi connectivity index (χ4v) is 5.79. The number of aliphatic hydroxyl groups excluding tert-OH is 1. The monoisotopic (exact) mass is 403 g/mol. The van der Waals surface area contributed by atoms with Crippen LogP contribution in [0.3, 0.4) is 0 Å². The Morgan fingerprint density at radius 3 is 2.67 bits per heavy atom. The van der Waals surface area contributed by atoms with Crippen molar-refractivity contribution in [1.29, 1.82) is 0 Å². The van der Waals surface area contributed by atoms with Crippen molar-refractivity contribution in [1.82, 2.24) is 4.90 Å². The summed E-state index contributed by atoms with van der Waals surface area (Å²) < 4.78 is 0.661. The van der Waals surface area contributed by atoms with Gasteiger partial charge in [-0.1, -0.05) is 85.7 Å². The average molecular weight is 404 g/mol. The van der Waals surface area contributed by atoms with Gasteiger partial charge in [-0.15, -0.1) is 0 Å². The zero-order valence-electron chi connectivity index (χ0n) is 15.9. The number of hydrogen-bond acceptors (Lipinski definition) is 4. The van der Waals surface area contributed by atoms with Crippen LogP contribution in [0.1, 0.15) is 44.6 Å². The Labute approximate surface area is 172 Å². The van der Waals surface area contributed by atoms with Gasteiger partial charge in [-0.2, -0.15) is 0 Å². The van der Waals surface area contributed by atoms with Crippen molar-refractivity contribution in [2.45, 2.75) is 57.6 Å². The highest BCUT2D eigenvalue weighted by Gasteiger charge is 2.42. The molecule has 3 rings (SSSR count). The molecule has 1 aliphatic heterocycles. The highest BCUT2D eigenvalue weighted by molar-refractivity contribution is 8.23. The number of hydrogen-bond donors (Lipinski definition) is 1. The molecule has 3 atom stereocenters. The van der Waals surface area contributed by atoms with Crippen LogP contribution in [0.15, 0.2) is 42.5 Å². The maximum absolute atomic E-state index is 13.6. The molecule has 27 heavy (non-hydrogen) atoms. The third kappa shape index (κ3) is 5.01. The van der Waals surface area contributed by atoms with Gasteiger partial charge in [-0.3, -0.25) is 9.69 Å². The second-order valence-electron chi connectivity index (χ2n) is 7.57. The third-order valence-corrected chi connectivity index (χ3v) is 7.26. The Morgan fingerprint density at radius 2 is 2.00 bits per heavy atom. The van der Waals surface area contributed by atoms with Gasteiger partial charge in [-0.05, 0) is 37.7 Å². The predicted molar refractivity (Wildman–Crippen MR) is 117 cm³/mol. The van der Waals surface area contributed by atoms with E-state index >= 15 is 0 Å². The number of thiocarbonyl (C=S) groups is 1. The smallest absolute Gasteiger partial charge is 0.234 e. The zero-order valence-corrected chi connectivity index (χ0v) is 17.6. The van der Waals surface area contributed by atoms with E-state index in [0.29, 0.717) is 4.32 Å². The van der Waals surface area contributed by atoms with Gasteiger partial charge in [-0.25, -0.2) is 0 Å². The van der Waals surface area contributed by atoms with E-state index in [4.69, 9.17) is 12.2 Å². The molecular weight excluding hydrogens is 374 g/mol. The van der Waals surface area contributed by atoms with Gasteiger partial charge in [0.2, 0.25) is 5.91 Å². The first-order chi connectivity index (χ1) is 13.1. The van der Waals surface area contributed by atoms with Crippen LogP contribution < -0.4 is 0 Å². The minimum Gasteiger partial charge on any atom is -0.388 e. The molecule has 5 heteroatoms. The second-order valence-corrected chi connectivity index (χ2v) is 9.22. The summed E-state index contributed by atoms with van der Waals surface area (Å²) in [5.41, 5.74) is 1.22. The Balaban J connectivity index is 1.82. The summed E-state index contributed by atoms with van der Waals surface area (Å²) in [4.78, 5) is 15.4. The SMILES string of the molecule is C/C=C/[C@@H](O)[C@@H](C(=O)N1C(=S)SC[C@@H]1Cc1ccccc1)C1CCCCC1. The number of benzene rings is 1. The molecule has 1 heterocycles. The minimum absolute atomic E-state index is 0.0171. The second kappa shape index (κ2) is 9.85. The molecule has 1 aromatic carbocycles.